The molecule has 2 aromatic rings. The lowest BCUT2D eigenvalue weighted by atomic mass is 9.95. The van der Waals surface area contributed by atoms with Crippen LogP contribution in [0.4, 0.5) is 5.69 Å². The topological polar surface area (TPSA) is 43.8 Å². The van der Waals surface area contributed by atoms with E-state index in [0.29, 0.717) is 0 Å². The third kappa shape index (κ3) is 1.90. The van der Waals surface area contributed by atoms with Crippen LogP contribution < -0.4 is 5.73 Å². The molecule has 1 aromatic heterocycles. The summed E-state index contributed by atoms with van der Waals surface area (Å²) in [6.45, 7) is 6.39. The first-order chi connectivity index (χ1) is 8.60. The summed E-state index contributed by atoms with van der Waals surface area (Å²) >= 11 is 0. The number of anilines is 1. The molecule has 2 N–H and O–H groups in total. The van der Waals surface area contributed by atoms with E-state index in [9.17, 15) is 0 Å². The van der Waals surface area contributed by atoms with Gasteiger partial charge in [-0.05, 0) is 37.0 Å². The predicted molar refractivity (Wildman–Crippen MR) is 76.5 cm³/mol. The molecule has 0 unspecified atom stereocenters. The molecule has 0 aliphatic carbocycles. The molecule has 96 valence electrons. The second-order valence-corrected chi connectivity index (χ2v) is 4.62. The fourth-order valence-electron chi connectivity index (χ4n) is 2.51. The van der Waals surface area contributed by atoms with Crippen LogP contribution in [0.25, 0.3) is 11.1 Å². The number of hydrogen-bond acceptors (Lipinski definition) is 2. The van der Waals surface area contributed by atoms with Crippen molar-refractivity contribution in [3.63, 3.8) is 0 Å². The molecule has 0 radical (unpaired) electrons. The van der Waals surface area contributed by atoms with Crippen LogP contribution in [0.5, 0.6) is 0 Å². The summed E-state index contributed by atoms with van der Waals surface area (Å²) in [7, 11) is 2.02. The Morgan fingerprint density at radius 2 is 1.94 bits per heavy atom. The number of hydrogen-bond donors (Lipinski definition) is 1. The summed E-state index contributed by atoms with van der Waals surface area (Å²) < 4.78 is 2.00. The van der Waals surface area contributed by atoms with E-state index < -0.39 is 0 Å². The fraction of sp³-hybridized carbons (Fsp3) is 0.400. The van der Waals surface area contributed by atoms with Crippen molar-refractivity contribution in [2.75, 3.05) is 5.73 Å². The van der Waals surface area contributed by atoms with Crippen molar-refractivity contribution in [3.8, 4) is 11.1 Å². The Kier molecular flexibility index (Phi) is 3.41. The molecular formula is C15H21N3. The molecule has 0 saturated carbocycles. The first kappa shape index (κ1) is 12.7. The number of nitrogens with two attached hydrogens (primary N) is 1. The van der Waals surface area contributed by atoms with E-state index in [2.05, 4.69) is 31.9 Å². The number of nitrogen functional groups attached to an aromatic ring is 1. The highest BCUT2D eigenvalue weighted by atomic mass is 15.3. The Hall–Kier alpha value is -1.77. The zero-order chi connectivity index (χ0) is 13.3. The van der Waals surface area contributed by atoms with Crippen molar-refractivity contribution in [1.82, 2.24) is 9.78 Å². The summed E-state index contributed by atoms with van der Waals surface area (Å²) in [6.07, 6.45) is 1.92. The van der Waals surface area contributed by atoms with Gasteiger partial charge in [0, 0.05) is 24.0 Å². The van der Waals surface area contributed by atoms with Gasteiger partial charge in [-0.1, -0.05) is 26.0 Å². The van der Waals surface area contributed by atoms with Crippen LogP contribution in [-0.4, -0.2) is 9.78 Å². The minimum Gasteiger partial charge on any atom is -0.398 e. The highest BCUT2D eigenvalue weighted by Crippen LogP contribution is 2.32. The summed E-state index contributed by atoms with van der Waals surface area (Å²) in [5.74, 6) is 0. The van der Waals surface area contributed by atoms with Crippen molar-refractivity contribution in [2.45, 2.75) is 33.6 Å². The van der Waals surface area contributed by atoms with Crippen LogP contribution in [0.3, 0.4) is 0 Å². The maximum Gasteiger partial charge on any atom is 0.0703 e. The van der Waals surface area contributed by atoms with E-state index in [1.807, 2.05) is 23.9 Å². The second kappa shape index (κ2) is 4.84. The molecule has 0 bridgehead atoms. The predicted octanol–water partition coefficient (Wildman–Crippen LogP) is 3.10. The van der Waals surface area contributed by atoms with Crippen LogP contribution in [0.15, 0.2) is 18.2 Å². The fourth-order valence-corrected chi connectivity index (χ4v) is 2.51. The van der Waals surface area contributed by atoms with Crippen molar-refractivity contribution < 1.29 is 0 Å². The Bertz CT molecular complexity index is 567. The number of nitrogens with zero attached hydrogens (tertiary/aromatic N) is 2. The molecule has 1 aromatic carbocycles. The Balaban J connectivity index is 2.73. The maximum absolute atomic E-state index is 6.02. The quantitative estimate of drug-likeness (QED) is 0.842. The second-order valence-electron chi connectivity index (χ2n) is 4.62. The van der Waals surface area contributed by atoms with Crippen LogP contribution in [-0.2, 0) is 19.9 Å². The van der Waals surface area contributed by atoms with Crippen LogP contribution in [0, 0.1) is 6.92 Å². The van der Waals surface area contributed by atoms with Gasteiger partial charge in [0.2, 0.25) is 0 Å². The molecule has 0 atom stereocenters. The summed E-state index contributed by atoms with van der Waals surface area (Å²) in [5, 5.41) is 4.62. The van der Waals surface area contributed by atoms with Gasteiger partial charge in [0.1, 0.15) is 0 Å². The van der Waals surface area contributed by atoms with E-state index in [1.54, 1.807) is 0 Å². The van der Waals surface area contributed by atoms with Gasteiger partial charge in [0.15, 0.2) is 0 Å². The third-order valence-electron chi connectivity index (χ3n) is 3.55. The zero-order valence-corrected chi connectivity index (χ0v) is 11.6. The standard InChI is InChI=1S/C15H21N3/c1-5-13-15(14(6-2)18(4)17-13)11-8-7-9-12(16)10(11)3/h7-9H,5-6,16H2,1-4H3. The zero-order valence-electron chi connectivity index (χ0n) is 11.6. The van der Waals surface area contributed by atoms with Gasteiger partial charge in [-0.25, -0.2) is 0 Å². The summed E-state index contributed by atoms with van der Waals surface area (Å²) in [4.78, 5) is 0. The smallest absolute Gasteiger partial charge is 0.0703 e. The minimum absolute atomic E-state index is 0.848. The first-order valence-electron chi connectivity index (χ1n) is 6.50. The van der Waals surface area contributed by atoms with Crippen molar-refractivity contribution in [1.29, 1.82) is 0 Å². The van der Waals surface area contributed by atoms with Gasteiger partial charge in [-0.2, -0.15) is 5.10 Å². The Morgan fingerprint density at radius 3 is 2.56 bits per heavy atom. The molecule has 0 spiro atoms. The number of aromatic nitrogens is 2. The monoisotopic (exact) mass is 243 g/mol. The molecule has 0 aliphatic rings. The lowest BCUT2D eigenvalue weighted by Crippen LogP contribution is -1.98. The van der Waals surface area contributed by atoms with Crippen molar-refractivity contribution in [2.24, 2.45) is 7.05 Å². The van der Waals surface area contributed by atoms with E-state index in [4.69, 9.17) is 5.73 Å². The molecule has 2 rings (SSSR count). The molecule has 0 aliphatic heterocycles. The van der Waals surface area contributed by atoms with Gasteiger partial charge in [0.25, 0.3) is 0 Å². The molecule has 0 amide bonds. The average Bonchev–Trinajstić information content (AvgIpc) is 2.68. The molecular weight excluding hydrogens is 222 g/mol. The molecule has 3 nitrogen and oxygen atoms in total. The molecule has 0 fully saturated rings. The van der Waals surface area contributed by atoms with Crippen LogP contribution in [0.1, 0.15) is 30.8 Å². The Labute approximate surface area is 109 Å². The van der Waals surface area contributed by atoms with Gasteiger partial charge >= 0.3 is 0 Å². The van der Waals surface area contributed by atoms with Gasteiger partial charge < -0.3 is 5.73 Å². The number of aryl methyl sites for hydroxylation is 2. The van der Waals surface area contributed by atoms with E-state index in [-0.39, 0.29) is 0 Å². The maximum atomic E-state index is 6.02. The largest absolute Gasteiger partial charge is 0.398 e. The normalized spacial score (nSPS) is 10.9. The number of rotatable bonds is 3. The van der Waals surface area contributed by atoms with Gasteiger partial charge in [0.05, 0.1) is 5.69 Å². The van der Waals surface area contributed by atoms with Gasteiger partial charge in [-0.3, -0.25) is 4.68 Å². The SMILES string of the molecule is CCc1nn(C)c(CC)c1-c1cccc(N)c1C. The minimum atomic E-state index is 0.848. The van der Waals surface area contributed by atoms with Crippen LogP contribution >= 0.6 is 0 Å². The lowest BCUT2D eigenvalue weighted by molar-refractivity contribution is 0.705. The highest BCUT2D eigenvalue weighted by Gasteiger charge is 2.17. The molecule has 18 heavy (non-hydrogen) atoms. The Morgan fingerprint density at radius 1 is 1.22 bits per heavy atom. The summed E-state index contributed by atoms with van der Waals surface area (Å²) in [5.41, 5.74) is 12.9. The summed E-state index contributed by atoms with van der Waals surface area (Å²) in [6, 6.07) is 6.11. The van der Waals surface area contributed by atoms with Crippen molar-refractivity contribution >= 4 is 5.69 Å². The molecule has 1 heterocycles. The molecule has 3 heteroatoms. The first-order valence-corrected chi connectivity index (χ1v) is 6.50. The highest BCUT2D eigenvalue weighted by molar-refractivity contribution is 5.76. The lowest BCUT2D eigenvalue weighted by Gasteiger charge is -2.10. The van der Waals surface area contributed by atoms with Crippen molar-refractivity contribution in [3.05, 3.63) is 35.2 Å². The van der Waals surface area contributed by atoms with E-state index >= 15 is 0 Å². The third-order valence-corrected chi connectivity index (χ3v) is 3.55. The van der Waals surface area contributed by atoms with E-state index in [1.165, 1.54) is 16.8 Å². The average molecular weight is 243 g/mol. The number of benzene rings is 1. The van der Waals surface area contributed by atoms with Gasteiger partial charge in [-0.15, -0.1) is 0 Å². The van der Waals surface area contributed by atoms with Crippen LogP contribution in [0.2, 0.25) is 0 Å². The van der Waals surface area contributed by atoms with E-state index in [0.717, 1.165) is 29.8 Å². The molecule has 0 saturated heterocycles.